The van der Waals surface area contributed by atoms with Gasteiger partial charge in [-0.25, -0.2) is 5.43 Å². The molecule has 0 saturated carbocycles. The van der Waals surface area contributed by atoms with Gasteiger partial charge in [-0.1, -0.05) is 31.0 Å². The first-order chi connectivity index (χ1) is 10.1. The van der Waals surface area contributed by atoms with Gasteiger partial charge < -0.3 is 0 Å². The van der Waals surface area contributed by atoms with E-state index in [1.54, 1.807) is 11.8 Å². The third-order valence-electron chi connectivity index (χ3n) is 3.27. The number of allylic oxidation sites excluding steroid dienone is 1. The molecule has 1 amide bonds. The van der Waals surface area contributed by atoms with Gasteiger partial charge in [-0.3, -0.25) is 4.79 Å². The van der Waals surface area contributed by atoms with Gasteiger partial charge in [0, 0.05) is 17.2 Å². The lowest BCUT2D eigenvalue weighted by atomic mass is 9.93. The molecule has 4 heteroatoms. The number of nitrogens with zero attached hydrogens (tertiary/aromatic N) is 1. The minimum absolute atomic E-state index is 0.0241. The van der Waals surface area contributed by atoms with Crippen molar-refractivity contribution in [1.29, 1.82) is 0 Å². The maximum absolute atomic E-state index is 11.3. The van der Waals surface area contributed by atoms with Crippen LogP contribution in [0.5, 0.6) is 0 Å². The van der Waals surface area contributed by atoms with Gasteiger partial charge in [0.05, 0.1) is 11.5 Å². The molecule has 0 bridgehead atoms. The molecule has 1 heterocycles. The summed E-state index contributed by atoms with van der Waals surface area (Å²) < 4.78 is 0. The monoisotopic (exact) mass is 298 g/mol. The summed E-state index contributed by atoms with van der Waals surface area (Å²) in [4.78, 5) is 12.5. The van der Waals surface area contributed by atoms with Crippen molar-refractivity contribution in [3.05, 3.63) is 35.4 Å². The van der Waals surface area contributed by atoms with Gasteiger partial charge >= 0.3 is 0 Å². The first-order valence-electron chi connectivity index (χ1n) is 6.82. The second kappa shape index (κ2) is 7.14. The number of carbonyl (C=O) groups excluding carboxylic acids is 1. The third-order valence-corrected chi connectivity index (χ3v) is 4.26. The average Bonchev–Trinajstić information content (AvgIpc) is 2.46. The summed E-state index contributed by atoms with van der Waals surface area (Å²) in [6, 6.07) is 8.14. The van der Waals surface area contributed by atoms with Crippen molar-refractivity contribution in [3.63, 3.8) is 0 Å². The van der Waals surface area contributed by atoms with Crippen LogP contribution in [0.4, 0.5) is 0 Å². The molecule has 0 radical (unpaired) electrons. The highest BCUT2D eigenvalue weighted by molar-refractivity contribution is 7.99. The highest BCUT2D eigenvalue weighted by atomic mass is 32.2. The Morgan fingerprint density at radius 3 is 3.05 bits per heavy atom. The van der Waals surface area contributed by atoms with E-state index in [0.717, 1.165) is 21.7 Å². The Kier molecular flexibility index (Phi) is 5.24. The Bertz CT molecular complexity index is 640. The first kappa shape index (κ1) is 15.4. The van der Waals surface area contributed by atoms with Gasteiger partial charge in [-0.2, -0.15) is 5.10 Å². The van der Waals surface area contributed by atoms with Gasteiger partial charge in [0.2, 0.25) is 5.91 Å². The number of benzene rings is 1. The Morgan fingerprint density at radius 2 is 2.33 bits per heavy atom. The van der Waals surface area contributed by atoms with E-state index >= 15 is 0 Å². The topological polar surface area (TPSA) is 41.5 Å². The van der Waals surface area contributed by atoms with Crippen LogP contribution < -0.4 is 5.43 Å². The molecule has 1 unspecified atom stereocenters. The lowest BCUT2D eigenvalue weighted by Gasteiger charge is -2.19. The summed E-state index contributed by atoms with van der Waals surface area (Å²) in [6.07, 6.45) is 7.92. The van der Waals surface area contributed by atoms with Crippen LogP contribution in [0, 0.1) is 18.3 Å². The van der Waals surface area contributed by atoms with Crippen molar-refractivity contribution in [3.8, 4) is 12.3 Å². The zero-order valence-electron chi connectivity index (χ0n) is 12.2. The SMILES string of the molecule is C#CCSc1ccccc1C=C(C)C1=NNC(=O)CC1C. The Labute approximate surface area is 129 Å². The number of thioether (sulfide) groups is 1. The van der Waals surface area contributed by atoms with Crippen molar-refractivity contribution < 1.29 is 4.79 Å². The predicted octanol–water partition coefficient (Wildman–Crippen LogP) is 3.33. The lowest BCUT2D eigenvalue weighted by molar-refractivity contribution is -0.121. The van der Waals surface area contributed by atoms with Crippen molar-refractivity contribution in [2.75, 3.05) is 5.75 Å². The molecule has 1 atom stereocenters. The van der Waals surface area contributed by atoms with E-state index in [9.17, 15) is 4.79 Å². The van der Waals surface area contributed by atoms with Crippen LogP contribution >= 0.6 is 11.8 Å². The van der Waals surface area contributed by atoms with Crippen LogP contribution in [0.25, 0.3) is 6.08 Å². The first-order valence-corrected chi connectivity index (χ1v) is 7.80. The lowest BCUT2D eigenvalue weighted by Crippen LogP contribution is -2.31. The van der Waals surface area contributed by atoms with Gasteiger partial charge in [0.1, 0.15) is 0 Å². The smallest absolute Gasteiger partial charge is 0.240 e. The standard InChI is InChI=1S/C17H18N2OS/c1-4-9-21-15-8-6-5-7-14(15)10-12(2)17-13(3)11-16(20)18-19-17/h1,5-8,10,13H,9,11H2,2-3H3,(H,18,20). The molecular formula is C17H18N2OS. The van der Waals surface area contributed by atoms with Gasteiger partial charge in [-0.15, -0.1) is 18.2 Å². The second-order valence-corrected chi connectivity index (χ2v) is 6.01. The van der Waals surface area contributed by atoms with Crippen molar-refractivity contribution >= 4 is 29.5 Å². The normalized spacial score (nSPS) is 18.7. The second-order valence-electron chi connectivity index (χ2n) is 5.00. The molecule has 1 aliphatic rings. The fraction of sp³-hybridized carbons (Fsp3) is 0.294. The van der Waals surface area contributed by atoms with E-state index in [1.165, 1.54) is 0 Å². The number of hydrazone groups is 1. The number of amides is 1. The molecular weight excluding hydrogens is 280 g/mol. The molecule has 1 aromatic carbocycles. The highest BCUT2D eigenvalue weighted by Crippen LogP contribution is 2.25. The van der Waals surface area contributed by atoms with Crippen molar-refractivity contribution in [1.82, 2.24) is 5.43 Å². The number of hydrogen-bond acceptors (Lipinski definition) is 3. The quantitative estimate of drug-likeness (QED) is 0.684. The maximum Gasteiger partial charge on any atom is 0.240 e. The van der Waals surface area contributed by atoms with Crippen molar-refractivity contribution in [2.24, 2.45) is 11.0 Å². The molecule has 21 heavy (non-hydrogen) atoms. The predicted molar refractivity (Wildman–Crippen MR) is 89.0 cm³/mol. The molecule has 0 spiro atoms. The molecule has 108 valence electrons. The molecule has 0 aliphatic carbocycles. The Balaban J connectivity index is 2.27. The van der Waals surface area contributed by atoms with Gasteiger partial charge in [0.15, 0.2) is 0 Å². The van der Waals surface area contributed by atoms with Crippen LogP contribution in [-0.4, -0.2) is 17.4 Å². The van der Waals surface area contributed by atoms with E-state index < -0.39 is 0 Å². The highest BCUT2D eigenvalue weighted by Gasteiger charge is 2.21. The summed E-state index contributed by atoms with van der Waals surface area (Å²) in [5.74, 6) is 3.41. The zero-order valence-corrected chi connectivity index (χ0v) is 13.0. The third kappa shape index (κ3) is 3.99. The molecule has 1 aliphatic heterocycles. The van der Waals surface area contributed by atoms with Crippen LogP contribution in [0.3, 0.4) is 0 Å². The number of hydrogen-bond donors (Lipinski definition) is 1. The fourth-order valence-corrected chi connectivity index (χ4v) is 3.00. The number of nitrogens with one attached hydrogen (secondary N) is 1. The summed E-state index contributed by atoms with van der Waals surface area (Å²) in [6.45, 7) is 4.04. The van der Waals surface area contributed by atoms with Crippen LogP contribution in [0.1, 0.15) is 25.8 Å². The van der Waals surface area contributed by atoms with Crippen LogP contribution in [-0.2, 0) is 4.79 Å². The minimum Gasteiger partial charge on any atom is -0.273 e. The molecule has 3 nitrogen and oxygen atoms in total. The molecule has 0 fully saturated rings. The number of carbonyl (C=O) groups is 1. The minimum atomic E-state index is -0.0241. The van der Waals surface area contributed by atoms with E-state index in [2.05, 4.69) is 34.7 Å². The van der Waals surface area contributed by atoms with Gasteiger partial charge in [-0.05, 0) is 30.2 Å². The summed E-state index contributed by atoms with van der Waals surface area (Å²) in [5, 5.41) is 4.19. The summed E-state index contributed by atoms with van der Waals surface area (Å²) in [7, 11) is 0. The molecule has 1 aromatic rings. The van der Waals surface area contributed by atoms with Crippen molar-refractivity contribution in [2.45, 2.75) is 25.2 Å². The number of rotatable bonds is 4. The molecule has 1 N–H and O–H groups in total. The summed E-state index contributed by atoms with van der Waals surface area (Å²) in [5.41, 5.74) is 5.68. The maximum atomic E-state index is 11.3. The Morgan fingerprint density at radius 1 is 1.57 bits per heavy atom. The van der Waals surface area contributed by atoms with E-state index in [4.69, 9.17) is 6.42 Å². The van der Waals surface area contributed by atoms with E-state index in [1.807, 2.05) is 26.0 Å². The zero-order chi connectivity index (χ0) is 15.2. The fourth-order valence-electron chi connectivity index (χ4n) is 2.29. The molecule has 2 rings (SSSR count). The molecule has 0 saturated heterocycles. The van der Waals surface area contributed by atoms with E-state index in [-0.39, 0.29) is 11.8 Å². The Hall–Kier alpha value is -1.99. The molecule has 0 aromatic heterocycles. The van der Waals surface area contributed by atoms with Gasteiger partial charge in [0.25, 0.3) is 0 Å². The van der Waals surface area contributed by atoms with E-state index in [0.29, 0.717) is 12.2 Å². The average molecular weight is 298 g/mol. The van der Waals surface area contributed by atoms with Crippen LogP contribution in [0.2, 0.25) is 0 Å². The summed E-state index contributed by atoms with van der Waals surface area (Å²) >= 11 is 1.65. The van der Waals surface area contributed by atoms with Crippen LogP contribution in [0.15, 0.2) is 39.8 Å². The number of terminal acetylenes is 1. The largest absolute Gasteiger partial charge is 0.273 e.